The molecular formula is C12H26N2O2. The van der Waals surface area contributed by atoms with Crippen molar-refractivity contribution in [1.82, 2.24) is 10.2 Å². The first-order chi connectivity index (χ1) is 7.58. The van der Waals surface area contributed by atoms with E-state index in [4.69, 9.17) is 4.74 Å². The summed E-state index contributed by atoms with van der Waals surface area (Å²) in [7, 11) is 3.94. The Morgan fingerprint density at radius 3 is 2.81 bits per heavy atom. The third-order valence-electron chi connectivity index (χ3n) is 2.92. The van der Waals surface area contributed by atoms with Crippen molar-refractivity contribution in [3.05, 3.63) is 0 Å². The molecule has 1 heterocycles. The van der Waals surface area contributed by atoms with Gasteiger partial charge in [0, 0.05) is 25.7 Å². The molecule has 0 aromatic heterocycles. The van der Waals surface area contributed by atoms with Gasteiger partial charge < -0.3 is 20.1 Å². The largest absolute Gasteiger partial charge is 0.390 e. The van der Waals surface area contributed by atoms with Gasteiger partial charge in [0.1, 0.15) is 0 Å². The number of nitrogens with zero attached hydrogens (tertiary/aromatic N) is 1. The van der Waals surface area contributed by atoms with E-state index in [1.165, 1.54) is 12.8 Å². The fourth-order valence-corrected chi connectivity index (χ4v) is 2.13. The number of hydrogen-bond acceptors (Lipinski definition) is 4. The zero-order valence-corrected chi connectivity index (χ0v) is 10.8. The van der Waals surface area contributed by atoms with Gasteiger partial charge >= 0.3 is 0 Å². The maximum atomic E-state index is 9.69. The van der Waals surface area contributed by atoms with E-state index in [0.717, 1.165) is 13.0 Å². The lowest BCUT2D eigenvalue weighted by molar-refractivity contribution is 0.0908. The van der Waals surface area contributed by atoms with E-state index in [1.807, 2.05) is 19.0 Å². The van der Waals surface area contributed by atoms with Crippen LogP contribution in [0.2, 0.25) is 0 Å². The van der Waals surface area contributed by atoms with Gasteiger partial charge in [-0.25, -0.2) is 0 Å². The number of rotatable bonds is 7. The minimum Gasteiger partial charge on any atom is -0.390 e. The molecule has 1 rings (SSSR count). The van der Waals surface area contributed by atoms with E-state index in [1.54, 1.807) is 0 Å². The lowest BCUT2D eigenvalue weighted by Gasteiger charge is -2.21. The van der Waals surface area contributed by atoms with Crippen LogP contribution in [0.3, 0.4) is 0 Å². The molecule has 1 saturated heterocycles. The quantitative estimate of drug-likeness (QED) is 0.667. The van der Waals surface area contributed by atoms with Crippen molar-refractivity contribution < 1.29 is 9.84 Å². The number of likely N-dealkylation sites (N-methyl/N-ethyl adjacent to an activating group) is 1. The molecule has 3 unspecified atom stereocenters. The Hall–Kier alpha value is -0.160. The fourth-order valence-electron chi connectivity index (χ4n) is 2.13. The second kappa shape index (κ2) is 7.22. The molecule has 0 amide bonds. The summed E-state index contributed by atoms with van der Waals surface area (Å²) in [5.74, 6) is 0. The summed E-state index contributed by atoms with van der Waals surface area (Å²) in [6.45, 7) is 4.44. The van der Waals surface area contributed by atoms with Crippen LogP contribution in [0.25, 0.3) is 0 Å². The molecule has 2 N–H and O–H groups in total. The molecule has 1 aliphatic rings. The molecule has 3 atom stereocenters. The number of aliphatic hydroxyl groups excluding tert-OH is 1. The van der Waals surface area contributed by atoms with Crippen molar-refractivity contribution >= 4 is 0 Å². The predicted octanol–water partition coefficient (Wildman–Crippen LogP) is 0.456. The van der Waals surface area contributed by atoms with Crippen molar-refractivity contribution in [3.63, 3.8) is 0 Å². The van der Waals surface area contributed by atoms with Gasteiger partial charge in [-0.05, 0) is 40.3 Å². The Morgan fingerprint density at radius 1 is 1.50 bits per heavy atom. The molecule has 0 aromatic carbocycles. The van der Waals surface area contributed by atoms with Crippen LogP contribution in [-0.4, -0.2) is 62.0 Å². The van der Waals surface area contributed by atoms with Gasteiger partial charge in [-0.15, -0.1) is 0 Å². The number of hydrogen-bond donors (Lipinski definition) is 2. The highest BCUT2D eigenvalue weighted by atomic mass is 16.5. The van der Waals surface area contributed by atoms with E-state index in [9.17, 15) is 5.11 Å². The summed E-state index contributed by atoms with van der Waals surface area (Å²) in [4.78, 5) is 2.00. The van der Waals surface area contributed by atoms with E-state index < -0.39 is 0 Å². The molecule has 4 heteroatoms. The number of ether oxygens (including phenoxy) is 1. The molecule has 0 saturated carbocycles. The lowest BCUT2D eigenvalue weighted by atomic mass is 10.1. The summed E-state index contributed by atoms with van der Waals surface area (Å²) >= 11 is 0. The molecule has 1 fully saturated rings. The minimum atomic E-state index is -0.290. The normalized spacial score (nSPS) is 24.9. The van der Waals surface area contributed by atoms with Gasteiger partial charge in [0.2, 0.25) is 0 Å². The SMILES string of the molecule is CC(CC1CCCO1)NCC(O)CN(C)C. The average Bonchev–Trinajstić information content (AvgIpc) is 2.66. The Morgan fingerprint density at radius 2 is 2.25 bits per heavy atom. The molecule has 0 spiro atoms. The summed E-state index contributed by atoms with van der Waals surface area (Å²) in [6.07, 6.45) is 3.57. The van der Waals surface area contributed by atoms with E-state index in [-0.39, 0.29) is 6.10 Å². The van der Waals surface area contributed by atoms with Crippen LogP contribution >= 0.6 is 0 Å². The third kappa shape index (κ3) is 5.80. The number of aliphatic hydroxyl groups is 1. The van der Waals surface area contributed by atoms with Crippen LogP contribution in [0.1, 0.15) is 26.2 Å². The average molecular weight is 230 g/mol. The van der Waals surface area contributed by atoms with E-state index in [2.05, 4.69) is 12.2 Å². The van der Waals surface area contributed by atoms with Gasteiger partial charge in [0.15, 0.2) is 0 Å². The van der Waals surface area contributed by atoms with Gasteiger partial charge in [0.05, 0.1) is 12.2 Å². The number of nitrogens with one attached hydrogen (secondary N) is 1. The Kier molecular flexibility index (Phi) is 6.28. The fraction of sp³-hybridized carbons (Fsp3) is 1.00. The molecule has 0 bridgehead atoms. The van der Waals surface area contributed by atoms with Crippen LogP contribution in [0.4, 0.5) is 0 Å². The topological polar surface area (TPSA) is 44.7 Å². The Bertz CT molecular complexity index is 182. The van der Waals surface area contributed by atoms with Gasteiger partial charge in [-0.3, -0.25) is 0 Å². The Balaban J connectivity index is 2.06. The summed E-state index contributed by atoms with van der Waals surface area (Å²) in [6, 6.07) is 0.417. The van der Waals surface area contributed by atoms with Crippen LogP contribution < -0.4 is 5.32 Å². The van der Waals surface area contributed by atoms with Crippen LogP contribution in [-0.2, 0) is 4.74 Å². The summed E-state index contributed by atoms with van der Waals surface area (Å²) < 4.78 is 5.58. The first-order valence-electron chi connectivity index (χ1n) is 6.25. The molecule has 0 aromatic rings. The van der Waals surface area contributed by atoms with Crippen LogP contribution in [0, 0.1) is 0 Å². The first kappa shape index (κ1) is 13.9. The van der Waals surface area contributed by atoms with Crippen LogP contribution in [0.15, 0.2) is 0 Å². The minimum absolute atomic E-state index is 0.290. The molecule has 4 nitrogen and oxygen atoms in total. The first-order valence-corrected chi connectivity index (χ1v) is 6.25. The van der Waals surface area contributed by atoms with Crippen LogP contribution in [0.5, 0.6) is 0 Å². The van der Waals surface area contributed by atoms with Gasteiger partial charge in [0.25, 0.3) is 0 Å². The van der Waals surface area contributed by atoms with Crippen molar-refractivity contribution in [1.29, 1.82) is 0 Å². The molecule has 1 aliphatic heterocycles. The zero-order chi connectivity index (χ0) is 12.0. The molecular weight excluding hydrogens is 204 g/mol. The summed E-state index contributed by atoms with van der Waals surface area (Å²) in [5.41, 5.74) is 0. The molecule has 96 valence electrons. The van der Waals surface area contributed by atoms with Gasteiger partial charge in [-0.1, -0.05) is 0 Å². The smallest absolute Gasteiger partial charge is 0.0791 e. The second-order valence-corrected chi connectivity index (χ2v) is 5.10. The summed E-state index contributed by atoms with van der Waals surface area (Å²) in [5, 5.41) is 13.1. The van der Waals surface area contributed by atoms with E-state index in [0.29, 0.717) is 25.2 Å². The Labute approximate surface area is 99.0 Å². The molecule has 0 aliphatic carbocycles. The highest BCUT2D eigenvalue weighted by molar-refractivity contribution is 4.73. The van der Waals surface area contributed by atoms with Crippen molar-refractivity contribution in [2.45, 2.75) is 44.4 Å². The standard InChI is InChI=1S/C12H26N2O2/c1-10(7-12-5-4-6-16-12)13-8-11(15)9-14(2)3/h10-13,15H,4-9H2,1-3H3. The van der Waals surface area contributed by atoms with Crippen molar-refractivity contribution in [2.24, 2.45) is 0 Å². The molecule has 0 radical (unpaired) electrons. The highest BCUT2D eigenvalue weighted by Gasteiger charge is 2.18. The van der Waals surface area contributed by atoms with Crippen molar-refractivity contribution in [2.75, 3.05) is 33.8 Å². The molecule has 16 heavy (non-hydrogen) atoms. The maximum Gasteiger partial charge on any atom is 0.0791 e. The van der Waals surface area contributed by atoms with E-state index >= 15 is 0 Å². The lowest BCUT2D eigenvalue weighted by Crippen LogP contribution is -2.39. The highest BCUT2D eigenvalue weighted by Crippen LogP contribution is 2.16. The van der Waals surface area contributed by atoms with Gasteiger partial charge in [-0.2, -0.15) is 0 Å². The monoisotopic (exact) mass is 230 g/mol. The van der Waals surface area contributed by atoms with Crippen molar-refractivity contribution in [3.8, 4) is 0 Å². The second-order valence-electron chi connectivity index (χ2n) is 5.10. The maximum absolute atomic E-state index is 9.69. The predicted molar refractivity (Wildman–Crippen MR) is 65.6 cm³/mol. The zero-order valence-electron chi connectivity index (χ0n) is 10.8. The third-order valence-corrected chi connectivity index (χ3v) is 2.92.